The largest absolute Gasteiger partial charge is 0.465 e. The Labute approximate surface area is 191 Å². The van der Waals surface area contributed by atoms with Crippen molar-refractivity contribution < 1.29 is 19.1 Å². The van der Waals surface area contributed by atoms with E-state index in [0.29, 0.717) is 0 Å². The molecule has 0 unspecified atom stereocenters. The Morgan fingerprint density at radius 2 is 1.13 bits per heavy atom. The van der Waals surface area contributed by atoms with Crippen LogP contribution in [-0.4, -0.2) is 26.2 Å². The van der Waals surface area contributed by atoms with E-state index in [1.807, 2.05) is 0 Å². The van der Waals surface area contributed by atoms with Crippen molar-refractivity contribution in [3.63, 3.8) is 0 Å². The highest BCUT2D eigenvalue weighted by Crippen LogP contribution is 2.84. The fraction of sp³-hybridized carbons (Fsp3) is 0.583. The first-order chi connectivity index (χ1) is 13.9. The number of carbonyl (C=O) groups excluding carboxylic acids is 2. The highest BCUT2D eigenvalue weighted by atomic mass is 35.7. The minimum Gasteiger partial charge on any atom is -0.465 e. The number of halogens is 1. The van der Waals surface area contributed by atoms with Gasteiger partial charge in [0.25, 0.3) is 0 Å². The zero-order valence-electron chi connectivity index (χ0n) is 20.6. The Morgan fingerprint density at radius 1 is 0.774 bits per heavy atom. The number of ether oxygens (including phenoxy) is 2. The van der Waals surface area contributed by atoms with Crippen molar-refractivity contribution in [1.82, 2.24) is 0 Å². The van der Waals surface area contributed by atoms with Crippen molar-refractivity contribution in [2.45, 2.75) is 78.6 Å². The van der Waals surface area contributed by atoms with E-state index >= 15 is 0 Å². The van der Waals surface area contributed by atoms with Crippen LogP contribution in [0.3, 0.4) is 0 Å². The van der Waals surface area contributed by atoms with Crippen LogP contribution < -0.4 is 0 Å². The first-order valence-corrected chi connectivity index (χ1v) is 13.0. The molecule has 5 nitrogen and oxygen atoms in total. The monoisotopic (exact) mass is 467 g/mol. The highest BCUT2D eigenvalue weighted by Gasteiger charge is 2.55. The first-order valence-electron chi connectivity index (χ1n) is 10.3. The predicted molar refractivity (Wildman–Crippen MR) is 128 cm³/mol. The summed E-state index contributed by atoms with van der Waals surface area (Å²) >= 11 is 6.90. The van der Waals surface area contributed by atoms with Gasteiger partial charge in [-0.2, -0.15) is 0 Å². The molecule has 2 rings (SSSR count). The fourth-order valence-electron chi connectivity index (χ4n) is 3.40. The van der Waals surface area contributed by atoms with Gasteiger partial charge in [-0.1, -0.05) is 85.7 Å². The SMILES string of the molecule is COC(=O)C1=C(C(=O)OC)P1(Cl)=Nc1c(C(C)(C)C)cc(C(C)(C)C)cc1C(C)(C)C. The summed E-state index contributed by atoms with van der Waals surface area (Å²) in [4.78, 5) is 24.7. The molecule has 0 saturated carbocycles. The lowest BCUT2D eigenvalue weighted by molar-refractivity contribution is -0.137. The van der Waals surface area contributed by atoms with Crippen LogP contribution in [0.1, 0.15) is 79.0 Å². The van der Waals surface area contributed by atoms with Crippen LogP contribution >= 0.6 is 17.6 Å². The van der Waals surface area contributed by atoms with E-state index in [-0.39, 0.29) is 26.9 Å². The second-order valence-electron chi connectivity index (χ2n) is 11.0. The average molecular weight is 468 g/mol. The molecule has 1 aromatic carbocycles. The van der Waals surface area contributed by atoms with Crippen molar-refractivity contribution in [3.8, 4) is 0 Å². The van der Waals surface area contributed by atoms with Crippen molar-refractivity contribution >= 4 is 35.3 Å². The zero-order valence-corrected chi connectivity index (χ0v) is 22.2. The van der Waals surface area contributed by atoms with E-state index in [2.05, 4.69) is 74.4 Å². The number of benzene rings is 1. The lowest BCUT2D eigenvalue weighted by Gasteiger charge is -2.32. The number of methoxy groups -OCH3 is 2. The Balaban J connectivity index is 2.94. The molecule has 172 valence electrons. The molecule has 1 aromatic rings. The molecular weight excluding hydrogens is 433 g/mol. The summed E-state index contributed by atoms with van der Waals surface area (Å²) in [6.45, 7) is 19.3. The number of hydrogen-bond acceptors (Lipinski definition) is 5. The van der Waals surface area contributed by atoms with E-state index in [1.54, 1.807) is 0 Å². The van der Waals surface area contributed by atoms with Crippen molar-refractivity contribution in [3.05, 3.63) is 39.5 Å². The molecule has 1 heterocycles. The molecule has 0 aliphatic carbocycles. The van der Waals surface area contributed by atoms with Crippen LogP contribution in [0.15, 0.2) is 27.5 Å². The third-order valence-corrected chi connectivity index (χ3v) is 8.84. The van der Waals surface area contributed by atoms with Gasteiger partial charge >= 0.3 is 11.9 Å². The van der Waals surface area contributed by atoms with E-state index in [1.165, 1.54) is 19.8 Å². The zero-order chi connectivity index (χ0) is 24.2. The van der Waals surface area contributed by atoms with Gasteiger partial charge in [0, 0.05) is 0 Å². The molecule has 0 fully saturated rings. The minimum absolute atomic E-state index is 0.0570. The van der Waals surface area contributed by atoms with Crippen LogP contribution in [0.25, 0.3) is 0 Å². The van der Waals surface area contributed by atoms with E-state index in [4.69, 9.17) is 25.5 Å². The Kier molecular flexibility index (Phi) is 6.69. The summed E-state index contributed by atoms with van der Waals surface area (Å²) in [6.07, 6.45) is -3.02. The van der Waals surface area contributed by atoms with Crippen LogP contribution in [0.4, 0.5) is 5.69 Å². The van der Waals surface area contributed by atoms with Gasteiger partial charge in [0.15, 0.2) is 0 Å². The van der Waals surface area contributed by atoms with E-state index in [9.17, 15) is 9.59 Å². The predicted octanol–water partition coefficient (Wildman–Crippen LogP) is 7.14. The maximum absolute atomic E-state index is 12.4. The molecule has 7 heteroatoms. The first kappa shape index (κ1) is 25.7. The molecule has 0 aromatic heterocycles. The number of esters is 2. The molecule has 0 amide bonds. The Hall–Kier alpha value is -1.58. The van der Waals surface area contributed by atoms with E-state index in [0.717, 1.165) is 16.8 Å². The summed E-state index contributed by atoms with van der Waals surface area (Å²) in [5.74, 6) is -1.26. The second kappa shape index (κ2) is 8.08. The van der Waals surface area contributed by atoms with Crippen LogP contribution in [0.5, 0.6) is 0 Å². The molecular formula is C24H35ClNO4P. The van der Waals surface area contributed by atoms with Crippen LogP contribution in [-0.2, 0) is 35.3 Å². The van der Waals surface area contributed by atoms with Crippen molar-refractivity contribution in [2.24, 2.45) is 4.74 Å². The third kappa shape index (κ3) is 4.93. The molecule has 1 aliphatic heterocycles. The van der Waals surface area contributed by atoms with Gasteiger partial charge in [-0.3, -0.25) is 0 Å². The summed E-state index contributed by atoms with van der Waals surface area (Å²) < 4.78 is 14.7. The number of rotatable bonds is 3. The fourth-order valence-corrected chi connectivity index (χ4v) is 6.86. The van der Waals surface area contributed by atoms with E-state index < -0.39 is 18.3 Å². The minimum atomic E-state index is -3.02. The quantitative estimate of drug-likeness (QED) is 0.350. The number of hydrogen-bond donors (Lipinski definition) is 0. The summed E-state index contributed by atoms with van der Waals surface area (Å²) in [5, 5.41) is 0.284. The summed E-state index contributed by atoms with van der Waals surface area (Å²) in [6, 6.07) is 4.35. The summed E-state index contributed by atoms with van der Waals surface area (Å²) in [5.41, 5.74) is 3.49. The lowest BCUT2D eigenvalue weighted by Crippen LogP contribution is -2.21. The van der Waals surface area contributed by atoms with Gasteiger partial charge < -0.3 is 9.47 Å². The molecule has 0 saturated heterocycles. The topological polar surface area (TPSA) is 65.0 Å². The van der Waals surface area contributed by atoms with Gasteiger partial charge in [0.1, 0.15) is 17.0 Å². The third-order valence-electron chi connectivity index (χ3n) is 5.35. The Morgan fingerprint density at radius 3 is 1.39 bits per heavy atom. The standard InChI is InChI=1S/C24H35ClNO4P/c1-22(2,3)14-12-15(23(4,5)6)17(16(13-14)24(7,8)9)26-31(25)18(20(27)29-10)19(31)21(28)30-11/h12-13H,1-11H3. The summed E-state index contributed by atoms with van der Waals surface area (Å²) in [7, 11) is 2.53. The van der Waals surface area contributed by atoms with Crippen LogP contribution in [0, 0.1) is 0 Å². The molecule has 0 radical (unpaired) electrons. The van der Waals surface area contributed by atoms with Gasteiger partial charge in [-0.05, 0) is 32.9 Å². The lowest BCUT2D eigenvalue weighted by atomic mass is 9.74. The molecule has 31 heavy (non-hydrogen) atoms. The van der Waals surface area contributed by atoms with Crippen molar-refractivity contribution in [1.29, 1.82) is 0 Å². The van der Waals surface area contributed by atoms with Gasteiger partial charge in [-0.25, -0.2) is 14.3 Å². The smallest absolute Gasteiger partial charge is 0.342 e. The molecule has 0 N–H and O–H groups in total. The number of carbonyl (C=O) groups is 2. The highest BCUT2D eigenvalue weighted by molar-refractivity contribution is 8.05. The maximum Gasteiger partial charge on any atom is 0.342 e. The molecule has 0 bridgehead atoms. The normalized spacial score (nSPS) is 16.1. The van der Waals surface area contributed by atoms with Gasteiger partial charge in [0.2, 0.25) is 0 Å². The van der Waals surface area contributed by atoms with Crippen molar-refractivity contribution in [2.75, 3.05) is 14.2 Å². The molecule has 1 aliphatic rings. The average Bonchev–Trinajstić information content (AvgIpc) is 3.22. The molecule has 0 atom stereocenters. The number of nitrogens with zero attached hydrogens (tertiary/aromatic N) is 1. The van der Waals surface area contributed by atoms with Gasteiger partial charge in [0.05, 0.1) is 19.9 Å². The molecule has 0 spiro atoms. The second-order valence-corrected chi connectivity index (χ2v) is 14.7. The maximum atomic E-state index is 12.4. The Bertz CT molecular complexity index is 952. The van der Waals surface area contributed by atoms with Crippen LogP contribution in [0.2, 0.25) is 0 Å². The van der Waals surface area contributed by atoms with Gasteiger partial charge in [-0.15, -0.1) is 0 Å².